The number of methoxy groups -OCH3 is 2. The maximum Gasteiger partial charge on any atom is 0.331 e. The molecule has 0 saturated carbocycles. The molecule has 0 unspecified atom stereocenters. The van der Waals surface area contributed by atoms with E-state index in [0.29, 0.717) is 22.6 Å². The summed E-state index contributed by atoms with van der Waals surface area (Å²) in [6.07, 6.45) is 2.84. The summed E-state index contributed by atoms with van der Waals surface area (Å²) in [5.41, 5.74) is 3.11. The molecule has 0 N–H and O–H groups in total. The molecule has 0 saturated heterocycles. The van der Waals surface area contributed by atoms with Crippen LogP contribution in [0.4, 0.5) is 0 Å². The highest BCUT2D eigenvalue weighted by molar-refractivity contribution is 6.00. The number of ether oxygens (including phenoxy) is 3. The van der Waals surface area contributed by atoms with Gasteiger partial charge in [-0.15, -0.1) is 0 Å². The lowest BCUT2D eigenvalue weighted by Gasteiger charge is -2.08. The molecule has 0 atom stereocenters. The molecule has 0 aliphatic heterocycles. The number of carbonyl (C=O) groups excluding carboxylic acids is 2. The van der Waals surface area contributed by atoms with Crippen LogP contribution >= 0.6 is 0 Å². The van der Waals surface area contributed by atoms with E-state index in [4.69, 9.17) is 14.2 Å². The first kappa shape index (κ1) is 19.2. The normalized spacial score (nSPS) is 10.6. The highest BCUT2D eigenvalue weighted by Gasteiger charge is 2.11. The predicted molar refractivity (Wildman–Crippen MR) is 99.8 cm³/mol. The lowest BCUT2D eigenvalue weighted by Crippen LogP contribution is -2.13. The monoisotopic (exact) mass is 354 g/mol. The van der Waals surface area contributed by atoms with Gasteiger partial charge in [0.2, 0.25) is 5.78 Å². The van der Waals surface area contributed by atoms with E-state index >= 15 is 0 Å². The Labute approximate surface area is 153 Å². The van der Waals surface area contributed by atoms with Crippen LogP contribution in [0.1, 0.15) is 27.0 Å². The van der Waals surface area contributed by atoms with Crippen molar-refractivity contribution < 1.29 is 23.8 Å². The minimum atomic E-state index is -0.596. The summed E-state index contributed by atoms with van der Waals surface area (Å²) in [6, 6.07) is 10.8. The molecule has 0 fully saturated rings. The SMILES string of the molecule is COc1ccc(/C=C/C(=O)OCC(=O)c2cc(C)ccc2C)c(OC)c1. The van der Waals surface area contributed by atoms with Crippen molar-refractivity contribution in [1.29, 1.82) is 0 Å². The smallest absolute Gasteiger partial charge is 0.331 e. The number of ketones is 1. The van der Waals surface area contributed by atoms with Crippen LogP contribution in [0.15, 0.2) is 42.5 Å². The van der Waals surface area contributed by atoms with Crippen molar-refractivity contribution in [2.45, 2.75) is 13.8 Å². The molecule has 136 valence electrons. The van der Waals surface area contributed by atoms with Crippen molar-refractivity contribution in [2.75, 3.05) is 20.8 Å². The summed E-state index contributed by atoms with van der Waals surface area (Å²) in [7, 11) is 3.10. The van der Waals surface area contributed by atoms with E-state index in [2.05, 4.69) is 0 Å². The van der Waals surface area contributed by atoms with Gasteiger partial charge in [-0.25, -0.2) is 4.79 Å². The Balaban J connectivity index is 1.99. The first-order valence-electron chi connectivity index (χ1n) is 8.12. The molecule has 2 aromatic carbocycles. The summed E-state index contributed by atoms with van der Waals surface area (Å²) in [5.74, 6) is 0.400. The van der Waals surface area contributed by atoms with Gasteiger partial charge in [-0.1, -0.05) is 17.7 Å². The molecule has 0 bridgehead atoms. The third-order valence-corrected chi connectivity index (χ3v) is 3.88. The average Bonchev–Trinajstić information content (AvgIpc) is 2.66. The van der Waals surface area contributed by atoms with Crippen molar-refractivity contribution in [3.63, 3.8) is 0 Å². The fraction of sp³-hybridized carbons (Fsp3) is 0.238. The zero-order valence-corrected chi connectivity index (χ0v) is 15.4. The predicted octanol–water partition coefficient (Wildman–Crippen LogP) is 3.76. The van der Waals surface area contributed by atoms with Gasteiger partial charge in [-0.05, 0) is 43.7 Å². The number of hydrogen-bond acceptors (Lipinski definition) is 5. The van der Waals surface area contributed by atoms with E-state index in [1.165, 1.54) is 13.2 Å². The maximum absolute atomic E-state index is 12.2. The molecule has 26 heavy (non-hydrogen) atoms. The zero-order valence-electron chi connectivity index (χ0n) is 15.4. The van der Waals surface area contributed by atoms with Crippen LogP contribution in [0.25, 0.3) is 6.08 Å². The van der Waals surface area contributed by atoms with Gasteiger partial charge >= 0.3 is 5.97 Å². The van der Waals surface area contributed by atoms with E-state index in [-0.39, 0.29) is 12.4 Å². The first-order chi connectivity index (χ1) is 12.4. The Hall–Kier alpha value is -3.08. The van der Waals surface area contributed by atoms with Gasteiger partial charge in [0.1, 0.15) is 11.5 Å². The van der Waals surface area contributed by atoms with Gasteiger partial charge in [0.25, 0.3) is 0 Å². The second-order valence-corrected chi connectivity index (χ2v) is 5.79. The molecule has 2 aromatic rings. The van der Waals surface area contributed by atoms with Crippen molar-refractivity contribution >= 4 is 17.8 Å². The standard InChI is InChI=1S/C21H22O5/c1-14-5-6-15(2)18(11-14)19(22)13-26-21(23)10-8-16-7-9-17(24-3)12-20(16)25-4/h5-12H,13H2,1-4H3/b10-8+. The molecule has 0 heterocycles. The Morgan fingerprint density at radius 1 is 1.00 bits per heavy atom. The first-order valence-corrected chi connectivity index (χ1v) is 8.12. The zero-order chi connectivity index (χ0) is 19.1. The molecular formula is C21H22O5. The number of benzene rings is 2. The Morgan fingerprint density at radius 3 is 2.46 bits per heavy atom. The lowest BCUT2D eigenvalue weighted by atomic mass is 10.0. The van der Waals surface area contributed by atoms with E-state index in [0.717, 1.165) is 11.1 Å². The number of rotatable bonds is 7. The fourth-order valence-corrected chi connectivity index (χ4v) is 2.41. The Bertz CT molecular complexity index is 836. The van der Waals surface area contributed by atoms with E-state index < -0.39 is 5.97 Å². The number of carbonyl (C=O) groups is 2. The van der Waals surface area contributed by atoms with Crippen molar-refractivity contribution in [3.05, 3.63) is 64.7 Å². The van der Waals surface area contributed by atoms with Gasteiger partial charge in [-0.3, -0.25) is 4.79 Å². The fourth-order valence-electron chi connectivity index (χ4n) is 2.41. The van der Waals surface area contributed by atoms with Crippen LogP contribution in [0.5, 0.6) is 11.5 Å². The molecule has 0 aromatic heterocycles. The second-order valence-electron chi connectivity index (χ2n) is 5.79. The molecule has 5 nitrogen and oxygen atoms in total. The quantitative estimate of drug-likeness (QED) is 0.430. The minimum absolute atomic E-state index is 0.227. The van der Waals surface area contributed by atoms with Crippen LogP contribution in [-0.2, 0) is 9.53 Å². The number of esters is 1. The van der Waals surface area contributed by atoms with Crippen LogP contribution in [-0.4, -0.2) is 32.6 Å². The Morgan fingerprint density at radius 2 is 1.77 bits per heavy atom. The molecule has 2 rings (SSSR count). The van der Waals surface area contributed by atoms with Gasteiger partial charge in [0.05, 0.1) is 14.2 Å². The summed E-state index contributed by atoms with van der Waals surface area (Å²) in [4.78, 5) is 24.1. The summed E-state index contributed by atoms with van der Waals surface area (Å²) >= 11 is 0. The second kappa shape index (κ2) is 8.85. The highest BCUT2D eigenvalue weighted by Crippen LogP contribution is 2.25. The van der Waals surface area contributed by atoms with E-state index in [1.807, 2.05) is 26.0 Å². The lowest BCUT2D eigenvalue weighted by molar-refractivity contribution is -0.136. The van der Waals surface area contributed by atoms with Crippen LogP contribution < -0.4 is 9.47 Å². The molecule has 0 spiro atoms. The molecule has 0 amide bonds. The largest absolute Gasteiger partial charge is 0.497 e. The number of hydrogen-bond donors (Lipinski definition) is 0. The summed E-state index contributed by atoms with van der Waals surface area (Å²) < 4.78 is 15.4. The van der Waals surface area contributed by atoms with Gasteiger partial charge < -0.3 is 14.2 Å². The van der Waals surface area contributed by atoms with Crippen LogP contribution in [0, 0.1) is 13.8 Å². The van der Waals surface area contributed by atoms with Crippen molar-refractivity contribution in [1.82, 2.24) is 0 Å². The number of Topliss-reactive ketones (excluding diaryl/α,β-unsaturated/α-hetero) is 1. The molecular weight excluding hydrogens is 332 g/mol. The maximum atomic E-state index is 12.2. The summed E-state index contributed by atoms with van der Waals surface area (Å²) in [6.45, 7) is 3.46. The van der Waals surface area contributed by atoms with Gasteiger partial charge in [0, 0.05) is 23.3 Å². The molecule has 5 heteroatoms. The van der Waals surface area contributed by atoms with Gasteiger partial charge in [0.15, 0.2) is 6.61 Å². The Kier molecular flexibility index (Phi) is 6.55. The van der Waals surface area contributed by atoms with Crippen molar-refractivity contribution in [3.8, 4) is 11.5 Å². The average molecular weight is 354 g/mol. The minimum Gasteiger partial charge on any atom is -0.497 e. The highest BCUT2D eigenvalue weighted by atomic mass is 16.5. The summed E-state index contributed by atoms with van der Waals surface area (Å²) in [5, 5.41) is 0. The van der Waals surface area contributed by atoms with E-state index in [9.17, 15) is 9.59 Å². The van der Waals surface area contributed by atoms with E-state index in [1.54, 1.807) is 37.5 Å². The third kappa shape index (κ3) is 4.96. The molecule has 0 radical (unpaired) electrons. The van der Waals surface area contributed by atoms with Crippen LogP contribution in [0.2, 0.25) is 0 Å². The number of aryl methyl sites for hydroxylation is 2. The van der Waals surface area contributed by atoms with Crippen LogP contribution in [0.3, 0.4) is 0 Å². The molecule has 0 aliphatic rings. The third-order valence-electron chi connectivity index (χ3n) is 3.88. The topological polar surface area (TPSA) is 61.8 Å². The molecule has 0 aliphatic carbocycles. The van der Waals surface area contributed by atoms with Gasteiger partial charge in [-0.2, -0.15) is 0 Å². The van der Waals surface area contributed by atoms with Crippen molar-refractivity contribution in [2.24, 2.45) is 0 Å².